The molecule has 0 aliphatic heterocycles. The third kappa shape index (κ3) is 2.62. The summed E-state index contributed by atoms with van der Waals surface area (Å²) in [5, 5.41) is 0.832. The number of nitrogens with one attached hydrogen (secondary N) is 1. The summed E-state index contributed by atoms with van der Waals surface area (Å²) < 4.78 is 13.8. The molecule has 2 aromatic heterocycles. The third-order valence-electron chi connectivity index (χ3n) is 2.57. The highest BCUT2D eigenvalue weighted by Gasteiger charge is 2.08. The van der Waals surface area contributed by atoms with E-state index in [2.05, 4.69) is 35.9 Å². The minimum atomic E-state index is -0.251. The number of aromatic amines is 1. The molecule has 1 N–H and O–H groups in total. The molecule has 1 aromatic carbocycles. The van der Waals surface area contributed by atoms with E-state index in [0.29, 0.717) is 11.4 Å². The van der Waals surface area contributed by atoms with Crippen molar-refractivity contribution in [2.24, 2.45) is 0 Å². The first kappa shape index (κ1) is 12.6. The molecule has 0 bridgehead atoms. The van der Waals surface area contributed by atoms with Gasteiger partial charge in [0, 0.05) is 10.2 Å². The van der Waals surface area contributed by atoms with E-state index in [0.717, 1.165) is 20.6 Å². The van der Waals surface area contributed by atoms with Gasteiger partial charge < -0.3 is 4.98 Å². The average Bonchev–Trinajstić information content (AvgIpc) is 2.86. The van der Waals surface area contributed by atoms with Gasteiger partial charge in [0.05, 0.1) is 6.33 Å². The van der Waals surface area contributed by atoms with Crippen LogP contribution in [0.25, 0.3) is 11.2 Å². The molecule has 3 aromatic rings. The highest BCUT2D eigenvalue weighted by molar-refractivity contribution is 9.10. The maximum absolute atomic E-state index is 13.0. The molecule has 0 radical (unpaired) electrons. The standard InChI is InChI=1S/C12H8BrFN4S/c13-9-3-8(14)2-1-7(9)4-19-12-10-11(16-5-15-10)17-6-18-12/h1-3,5-6H,4H2,(H,15,16,17,18). The lowest BCUT2D eigenvalue weighted by molar-refractivity contribution is 0.626. The van der Waals surface area contributed by atoms with E-state index in [1.54, 1.807) is 24.2 Å². The van der Waals surface area contributed by atoms with Gasteiger partial charge in [0.2, 0.25) is 0 Å². The lowest BCUT2D eigenvalue weighted by atomic mass is 10.2. The summed E-state index contributed by atoms with van der Waals surface area (Å²) in [6, 6.07) is 4.67. The Morgan fingerprint density at radius 2 is 2.16 bits per heavy atom. The maximum Gasteiger partial charge on any atom is 0.181 e. The van der Waals surface area contributed by atoms with Gasteiger partial charge in [-0.2, -0.15) is 0 Å². The highest BCUT2D eigenvalue weighted by Crippen LogP contribution is 2.28. The number of hydrogen-bond acceptors (Lipinski definition) is 4. The fourth-order valence-electron chi connectivity index (χ4n) is 1.64. The van der Waals surface area contributed by atoms with Crippen LogP contribution in [0.3, 0.4) is 0 Å². The number of thioether (sulfide) groups is 1. The number of hydrogen-bond donors (Lipinski definition) is 1. The maximum atomic E-state index is 13.0. The Morgan fingerprint density at radius 3 is 3.00 bits per heavy atom. The van der Waals surface area contributed by atoms with E-state index >= 15 is 0 Å². The van der Waals surface area contributed by atoms with Crippen molar-refractivity contribution in [2.75, 3.05) is 0 Å². The number of fused-ring (bicyclic) bond motifs is 1. The van der Waals surface area contributed by atoms with Gasteiger partial charge in [-0.15, -0.1) is 0 Å². The summed E-state index contributed by atoms with van der Waals surface area (Å²) in [5.74, 6) is 0.435. The summed E-state index contributed by atoms with van der Waals surface area (Å²) in [4.78, 5) is 15.4. The zero-order valence-electron chi connectivity index (χ0n) is 9.60. The summed E-state index contributed by atoms with van der Waals surface area (Å²) >= 11 is 4.91. The predicted molar refractivity (Wildman–Crippen MR) is 75.3 cm³/mol. The Balaban J connectivity index is 1.84. The number of halogens is 2. The van der Waals surface area contributed by atoms with E-state index in [9.17, 15) is 4.39 Å². The summed E-state index contributed by atoms with van der Waals surface area (Å²) in [6.45, 7) is 0. The monoisotopic (exact) mass is 338 g/mol. The second-order valence-electron chi connectivity index (χ2n) is 3.80. The van der Waals surface area contributed by atoms with Gasteiger partial charge in [-0.1, -0.05) is 33.8 Å². The summed E-state index contributed by atoms with van der Waals surface area (Å²) in [7, 11) is 0. The second kappa shape index (κ2) is 5.26. The van der Waals surface area contributed by atoms with Crippen molar-refractivity contribution in [3.8, 4) is 0 Å². The SMILES string of the molecule is Fc1ccc(CSc2ncnc3nc[nH]c23)c(Br)c1. The molecule has 0 aliphatic rings. The zero-order chi connectivity index (χ0) is 13.2. The number of imidazole rings is 1. The van der Waals surface area contributed by atoms with Crippen molar-refractivity contribution in [3.05, 3.63) is 46.7 Å². The minimum absolute atomic E-state index is 0.251. The van der Waals surface area contributed by atoms with Gasteiger partial charge >= 0.3 is 0 Å². The van der Waals surface area contributed by atoms with Gasteiger partial charge in [0.25, 0.3) is 0 Å². The Morgan fingerprint density at radius 1 is 1.26 bits per heavy atom. The van der Waals surface area contributed by atoms with Crippen molar-refractivity contribution >= 4 is 38.9 Å². The second-order valence-corrected chi connectivity index (χ2v) is 5.62. The number of nitrogens with zero attached hydrogens (tertiary/aromatic N) is 3. The molecular weight excluding hydrogens is 331 g/mol. The molecule has 0 atom stereocenters. The molecule has 4 nitrogen and oxygen atoms in total. The molecule has 0 amide bonds. The number of H-pyrrole nitrogens is 1. The van der Waals surface area contributed by atoms with Crippen LogP contribution in [0.1, 0.15) is 5.56 Å². The molecule has 7 heteroatoms. The quantitative estimate of drug-likeness (QED) is 0.586. The van der Waals surface area contributed by atoms with E-state index < -0.39 is 0 Å². The van der Waals surface area contributed by atoms with Crippen LogP contribution in [-0.2, 0) is 5.75 Å². The molecule has 96 valence electrons. The molecule has 0 saturated carbocycles. The van der Waals surface area contributed by atoms with Crippen molar-refractivity contribution in [1.82, 2.24) is 19.9 Å². The van der Waals surface area contributed by atoms with E-state index in [1.165, 1.54) is 18.5 Å². The van der Waals surface area contributed by atoms with Crippen LogP contribution < -0.4 is 0 Å². The van der Waals surface area contributed by atoms with Crippen LogP contribution in [0.4, 0.5) is 4.39 Å². The van der Waals surface area contributed by atoms with E-state index in [1.807, 2.05) is 0 Å². The fourth-order valence-corrected chi connectivity index (χ4v) is 3.27. The van der Waals surface area contributed by atoms with Gasteiger partial charge in [-0.3, -0.25) is 0 Å². The van der Waals surface area contributed by atoms with Crippen LogP contribution in [0.2, 0.25) is 0 Å². The predicted octanol–water partition coefficient (Wildman–Crippen LogP) is 3.55. The molecule has 0 fully saturated rings. The molecule has 0 saturated heterocycles. The molecule has 0 unspecified atom stereocenters. The Hall–Kier alpha value is -1.47. The summed E-state index contributed by atoms with van der Waals surface area (Å²) in [6.07, 6.45) is 3.09. The number of rotatable bonds is 3. The summed E-state index contributed by atoms with van der Waals surface area (Å²) in [5.41, 5.74) is 2.49. The van der Waals surface area contributed by atoms with Crippen molar-refractivity contribution in [1.29, 1.82) is 0 Å². The van der Waals surface area contributed by atoms with Crippen LogP contribution in [-0.4, -0.2) is 19.9 Å². The Kier molecular flexibility index (Phi) is 3.48. The molecule has 2 heterocycles. The molecular formula is C12H8BrFN4S. The molecule has 0 spiro atoms. The van der Waals surface area contributed by atoms with Gasteiger partial charge in [0.1, 0.15) is 22.7 Å². The van der Waals surface area contributed by atoms with Crippen molar-refractivity contribution in [3.63, 3.8) is 0 Å². The van der Waals surface area contributed by atoms with Crippen LogP contribution in [0.15, 0.2) is 40.4 Å². The normalized spacial score (nSPS) is 11.1. The van der Waals surface area contributed by atoms with Crippen LogP contribution in [0.5, 0.6) is 0 Å². The first-order valence-corrected chi connectivity index (χ1v) is 7.23. The Bertz CT molecular complexity index is 731. The minimum Gasteiger partial charge on any atom is -0.341 e. The average molecular weight is 339 g/mol. The van der Waals surface area contributed by atoms with Crippen molar-refractivity contribution in [2.45, 2.75) is 10.8 Å². The van der Waals surface area contributed by atoms with Crippen LogP contribution in [0, 0.1) is 5.82 Å². The molecule has 19 heavy (non-hydrogen) atoms. The zero-order valence-corrected chi connectivity index (χ0v) is 12.0. The Labute approximate surface area is 121 Å². The lowest BCUT2D eigenvalue weighted by Crippen LogP contribution is -1.89. The van der Waals surface area contributed by atoms with E-state index in [-0.39, 0.29) is 5.82 Å². The third-order valence-corrected chi connectivity index (χ3v) is 4.34. The number of aromatic nitrogens is 4. The lowest BCUT2D eigenvalue weighted by Gasteiger charge is -2.04. The first-order chi connectivity index (χ1) is 9.24. The van der Waals surface area contributed by atoms with E-state index in [4.69, 9.17) is 0 Å². The topological polar surface area (TPSA) is 54.5 Å². The van der Waals surface area contributed by atoms with Gasteiger partial charge in [0.15, 0.2) is 5.65 Å². The molecule has 3 rings (SSSR count). The van der Waals surface area contributed by atoms with Crippen molar-refractivity contribution < 1.29 is 4.39 Å². The van der Waals surface area contributed by atoms with Gasteiger partial charge in [-0.05, 0) is 17.7 Å². The largest absolute Gasteiger partial charge is 0.341 e. The highest BCUT2D eigenvalue weighted by atomic mass is 79.9. The van der Waals surface area contributed by atoms with Crippen LogP contribution >= 0.6 is 27.7 Å². The smallest absolute Gasteiger partial charge is 0.181 e. The number of benzene rings is 1. The molecule has 0 aliphatic carbocycles. The van der Waals surface area contributed by atoms with Gasteiger partial charge in [-0.25, -0.2) is 19.3 Å². The fraction of sp³-hybridized carbons (Fsp3) is 0.0833. The first-order valence-electron chi connectivity index (χ1n) is 5.45.